The first kappa shape index (κ1) is 21.5. The third kappa shape index (κ3) is 5.15. The Morgan fingerprint density at radius 1 is 1.15 bits per heavy atom. The van der Waals surface area contributed by atoms with Crippen LogP contribution < -0.4 is 9.62 Å². The number of amides is 1. The van der Waals surface area contributed by atoms with Crippen LogP contribution in [0.1, 0.15) is 37.0 Å². The molecule has 1 atom stereocenters. The van der Waals surface area contributed by atoms with Crippen molar-refractivity contribution < 1.29 is 13.2 Å². The lowest BCUT2D eigenvalue weighted by Gasteiger charge is -2.20. The van der Waals surface area contributed by atoms with Crippen molar-refractivity contribution in [2.75, 3.05) is 11.4 Å². The van der Waals surface area contributed by atoms with E-state index in [-0.39, 0.29) is 21.9 Å². The predicted octanol–water partition coefficient (Wildman–Crippen LogP) is 4.74. The van der Waals surface area contributed by atoms with Crippen LogP contribution in [0.3, 0.4) is 0 Å². The molecule has 0 aromatic heterocycles. The van der Waals surface area contributed by atoms with Gasteiger partial charge in [-0.2, -0.15) is 0 Å². The van der Waals surface area contributed by atoms with Gasteiger partial charge in [-0.25, -0.2) is 8.42 Å². The van der Waals surface area contributed by atoms with Crippen LogP contribution in [0.5, 0.6) is 0 Å². The number of carbonyl (C=O) groups excluding carboxylic acids is 1. The first-order chi connectivity index (χ1) is 12.7. The number of halogens is 2. The molecule has 0 saturated carbocycles. The fraction of sp³-hybridized carbons (Fsp3) is 0.316. The van der Waals surface area contributed by atoms with Gasteiger partial charge in [-0.15, -0.1) is 0 Å². The van der Waals surface area contributed by atoms with Crippen molar-refractivity contribution in [2.45, 2.75) is 37.6 Å². The molecule has 0 aliphatic heterocycles. The topological polar surface area (TPSA) is 66.5 Å². The molecule has 0 bridgehead atoms. The van der Waals surface area contributed by atoms with E-state index in [4.69, 9.17) is 23.2 Å². The summed E-state index contributed by atoms with van der Waals surface area (Å²) in [6.07, 6.45) is 1.82. The summed E-state index contributed by atoms with van der Waals surface area (Å²) < 4.78 is 26.6. The van der Waals surface area contributed by atoms with Crippen molar-refractivity contribution in [2.24, 2.45) is 0 Å². The number of hydrogen-bond acceptors (Lipinski definition) is 3. The van der Waals surface area contributed by atoms with E-state index in [0.29, 0.717) is 16.3 Å². The number of rotatable bonds is 7. The van der Waals surface area contributed by atoms with E-state index in [1.54, 1.807) is 6.07 Å². The Balaban J connectivity index is 2.25. The lowest BCUT2D eigenvalue weighted by molar-refractivity contribution is 0.0938. The van der Waals surface area contributed by atoms with Crippen molar-refractivity contribution in [1.29, 1.82) is 0 Å². The summed E-state index contributed by atoms with van der Waals surface area (Å²) >= 11 is 12.1. The lowest BCUT2D eigenvalue weighted by Crippen LogP contribution is -2.32. The molecule has 0 aliphatic carbocycles. The maximum Gasteiger partial charge on any atom is 0.264 e. The monoisotopic (exact) mass is 428 g/mol. The van der Waals surface area contributed by atoms with Gasteiger partial charge >= 0.3 is 0 Å². The Bertz CT molecular complexity index is 915. The van der Waals surface area contributed by atoms with Crippen LogP contribution in [0.25, 0.3) is 0 Å². The molecule has 0 heterocycles. The Kier molecular flexibility index (Phi) is 7.14. The largest absolute Gasteiger partial charge is 0.350 e. The molecule has 27 heavy (non-hydrogen) atoms. The zero-order chi connectivity index (χ0) is 20.2. The van der Waals surface area contributed by atoms with E-state index >= 15 is 0 Å². The molecular formula is C19H22Cl2N2O3S. The highest BCUT2D eigenvalue weighted by atomic mass is 35.5. The number of carbonyl (C=O) groups is 1. The Morgan fingerprint density at radius 3 is 2.33 bits per heavy atom. The molecule has 2 aromatic rings. The van der Waals surface area contributed by atoms with E-state index in [1.165, 1.54) is 43.4 Å². The molecule has 0 fully saturated rings. The first-order valence-corrected chi connectivity index (χ1v) is 10.7. The summed E-state index contributed by atoms with van der Waals surface area (Å²) in [5, 5.41) is 3.52. The van der Waals surface area contributed by atoms with Crippen molar-refractivity contribution in [1.82, 2.24) is 5.32 Å². The van der Waals surface area contributed by atoms with Crippen LogP contribution in [0.2, 0.25) is 10.0 Å². The van der Waals surface area contributed by atoms with E-state index in [0.717, 1.165) is 17.1 Å². The van der Waals surface area contributed by atoms with Crippen LogP contribution in [-0.4, -0.2) is 27.4 Å². The summed E-state index contributed by atoms with van der Waals surface area (Å²) in [6.45, 7) is 3.97. The highest BCUT2D eigenvalue weighted by molar-refractivity contribution is 7.92. The molecule has 146 valence electrons. The molecule has 0 unspecified atom stereocenters. The number of sulfonamides is 1. The number of nitrogens with zero attached hydrogens (tertiary/aromatic N) is 1. The zero-order valence-electron chi connectivity index (χ0n) is 15.4. The second kappa shape index (κ2) is 8.95. The maximum atomic E-state index is 12.8. The molecule has 1 N–H and O–H groups in total. The summed E-state index contributed by atoms with van der Waals surface area (Å²) in [7, 11) is -2.34. The summed E-state index contributed by atoms with van der Waals surface area (Å²) in [5.41, 5.74) is 0.661. The maximum absolute atomic E-state index is 12.8. The third-order valence-corrected chi connectivity index (χ3v) is 6.50. The summed E-state index contributed by atoms with van der Waals surface area (Å²) in [5.74, 6) is -0.282. The Hall–Kier alpha value is -1.76. The average molecular weight is 429 g/mol. The zero-order valence-corrected chi connectivity index (χ0v) is 17.7. The first-order valence-electron chi connectivity index (χ1n) is 8.51. The van der Waals surface area contributed by atoms with E-state index in [9.17, 15) is 13.2 Å². The number of anilines is 1. The van der Waals surface area contributed by atoms with Gasteiger partial charge in [0, 0.05) is 18.1 Å². The quantitative estimate of drug-likeness (QED) is 0.692. The molecule has 1 amide bonds. The normalized spacial score (nSPS) is 12.5. The molecule has 2 rings (SSSR count). The van der Waals surface area contributed by atoms with Crippen LogP contribution in [0.4, 0.5) is 5.69 Å². The van der Waals surface area contributed by atoms with Gasteiger partial charge in [-0.05, 0) is 55.8 Å². The molecule has 0 spiro atoms. The smallest absolute Gasteiger partial charge is 0.264 e. The molecule has 0 aliphatic rings. The summed E-state index contributed by atoms with van der Waals surface area (Å²) in [4.78, 5) is 12.5. The van der Waals surface area contributed by atoms with Gasteiger partial charge in [0.1, 0.15) is 0 Å². The fourth-order valence-corrected chi connectivity index (χ4v) is 4.17. The average Bonchev–Trinajstić information content (AvgIpc) is 2.61. The van der Waals surface area contributed by atoms with Crippen molar-refractivity contribution in [3.8, 4) is 0 Å². The van der Waals surface area contributed by atoms with Crippen LogP contribution in [-0.2, 0) is 10.0 Å². The Labute approximate surface area is 170 Å². The minimum Gasteiger partial charge on any atom is -0.350 e. The number of nitrogens with one attached hydrogen (secondary N) is 1. The minimum absolute atomic E-state index is 0.0335. The molecule has 0 saturated heterocycles. The number of hydrogen-bond donors (Lipinski definition) is 1. The molecule has 8 heteroatoms. The van der Waals surface area contributed by atoms with E-state index in [1.807, 2.05) is 13.8 Å². The highest BCUT2D eigenvalue weighted by Crippen LogP contribution is 2.27. The van der Waals surface area contributed by atoms with E-state index in [2.05, 4.69) is 5.32 Å². The standard InChI is InChI=1S/C19H22Cl2N2O3S/c1-4-5-13(2)22-19(24)17-11-8-15(12-18(17)21)23(3)27(25,26)16-9-6-14(20)7-10-16/h6-13H,4-5H2,1-3H3,(H,22,24)/t13-/m1/s1. The van der Waals surface area contributed by atoms with Gasteiger partial charge in [0.25, 0.3) is 15.9 Å². The van der Waals surface area contributed by atoms with Crippen molar-refractivity contribution in [3.05, 3.63) is 58.1 Å². The van der Waals surface area contributed by atoms with Gasteiger partial charge in [-0.3, -0.25) is 9.10 Å². The van der Waals surface area contributed by atoms with Gasteiger partial charge in [0.2, 0.25) is 0 Å². The fourth-order valence-electron chi connectivity index (χ4n) is 2.59. The van der Waals surface area contributed by atoms with Gasteiger partial charge in [0.15, 0.2) is 0 Å². The Morgan fingerprint density at radius 2 is 1.78 bits per heavy atom. The van der Waals surface area contributed by atoms with Crippen LogP contribution in [0, 0.1) is 0 Å². The van der Waals surface area contributed by atoms with Gasteiger partial charge < -0.3 is 5.32 Å². The molecule has 0 radical (unpaired) electrons. The second-order valence-electron chi connectivity index (χ2n) is 6.25. The van der Waals surface area contributed by atoms with Crippen LogP contribution in [0.15, 0.2) is 47.4 Å². The molecule has 5 nitrogen and oxygen atoms in total. The number of benzene rings is 2. The highest BCUT2D eigenvalue weighted by Gasteiger charge is 2.22. The van der Waals surface area contributed by atoms with Gasteiger partial charge in [0.05, 0.1) is 21.2 Å². The second-order valence-corrected chi connectivity index (χ2v) is 9.07. The van der Waals surface area contributed by atoms with Crippen molar-refractivity contribution in [3.63, 3.8) is 0 Å². The summed E-state index contributed by atoms with van der Waals surface area (Å²) in [6, 6.07) is 10.5. The van der Waals surface area contributed by atoms with Crippen LogP contribution >= 0.6 is 23.2 Å². The van der Waals surface area contributed by atoms with Gasteiger partial charge in [-0.1, -0.05) is 36.5 Å². The SMILES string of the molecule is CCC[C@@H](C)NC(=O)c1ccc(N(C)S(=O)(=O)c2ccc(Cl)cc2)cc1Cl. The van der Waals surface area contributed by atoms with Crippen molar-refractivity contribution >= 4 is 44.8 Å². The molecular weight excluding hydrogens is 407 g/mol. The van der Waals surface area contributed by atoms with E-state index < -0.39 is 10.0 Å². The lowest BCUT2D eigenvalue weighted by atomic mass is 10.1. The third-order valence-electron chi connectivity index (χ3n) is 4.13. The minimum atomic E-state index is -3.77. The predicted molar refractivity (Wildman–Crippen MR) is 110 cm³/mol. The molecule has 2 aromatic carbocycles.